The van der Waals surface area contributed by atoms with E-state index in [4.69, 9.17) is 9.47 Å². The zero-order chi connectivity index (χ0) is 22.9. The average Bonchev–Trinajstić information content (AvgIpc) is 2.77. The van der Waals surface area contributed by atoms with Crippen LogP contribution >= 0.6 is 0 Å². The highest BCUT2D eigenvalue weighted by molar-refractivity contribution is 6.05. The summed E-state index contributed by atoms with van der Waals surface area (Å²) in [5.41, 5.74) is 2.17. The Morgan fingerprint density at radius 3 is 2.66 bits per heavy atom. The number of pyridine rings is 1. The first-order chi connectivity index (χ1) is 15.3. The molecule has 1 fully saturated rings. The van der Waals surface area contributed by atoms with Crippen molar-refractivity contribution in [2.45, 2.75) is 19.0 Å². The first kappa shape index (κ1) is 21.9. The van der Waals surface area contributed by atoms with Crippen LogP contribution in [0.2, 0.25) is 0 Å². The van der Waals surface area contributed by atoms with E-state index in [2.05, 4.69) is 10.3 Å². The van der Waals surface area contributed by atoms with Crippen LogP contribution in [-0.2, 0) is 10.3 Å². The molecule has 0 bridgehead atoms. The molecule has 2 aromatic carbocycles. The minimum absolute atomic E-state index is 0.146. The van der Waals surface area contributed by atoms with E-state index in [0.29, 0.717) is 22.6 Å². The van der Waals surface area contributed by atoms with Gasteiger partial charge in [0.05, 0.1) is 25.9 Å². The molecule has 1 aliphatic rings. The molecule has 0 radical (unpaired) electrons. The molecular formula is C24H22F2N2O4. The van der Waals surface area contributed by atoms with Crippen LogP contribution in [0.15, 0.2) is 54.7 Å². The number of aromatic nitrogens is 1. The number of anilines is 1. The van der Waals surface area contributed by atoms with E-state index in [1.54, 1.807) is 36.5 Å². The normalized spacial score (nSPS) is 14.7. The second kappa shape index (κ2) is 8.64. The van der Waals surface area contributed by atoms with E-state index in [1.165, 1.54) is 25.3 Å². The molecular weight excluding hydrogens is 418 g/mol. The Morgan fingerprint density at radius 2 is 2.00 bits per heavy atom. The van der Waals surface area contributed by atoms with E-state index in [1.807, 2.05) is 6.92 Å². The zero-order valence-corrected chi connectivity index (χ0v) is 17.6. The van der Waals surface area contributed by atoms with Gasteiger partial charge in [0.2, 0.25) is 5.88 Å². The molecule has 3 aromatic rings. The van der Waals surface area contributed by atoms with Gasteiger partial charge in [-0.2, -0.15) is 0 Å². The molecule has 8 heteroatoms. The van der Waals surface area contributed by atoms with Gasteiger partial charge >= 0.3 is 0 Å². The SMILES string of the molecule is COc1ncc(-c2cc(C(=O)Nc3cccc(C(F)F)c3)ccc2C)cc1C1(O)COC1. The summed E-state index contributed by atoms with van der Waals surface area (Å²) in [6, 6.07) is 12.5. The highest BCUT2D eigenvalue weighted by Gasteiger charge is 2.41. The Hall–Kier alpha value is -3.36. The van der Waals surface area contributed by atoms with Gasteiger partial charge in [-0.05, 0) is 48.4 Å². The summed E-state index contributed by atoms with van der Waals surface area (Å²) in [5.74, 6) is -0.115. The molecule has 4 rings (SSSR count). The van der Waals surface area contributed by atoms with Gasteiger partial charge < -0.3 is 19.9 Å². The predicted molar refractivity (Wildman–Crippen MR) is 115 cm³/mol. The lowest BCUT2D eigenvalue weighted by Gasteiger charge is -2.37. The molecule has 32 heavy (non-hydrogen) atoms. The molecule has 6 nitrogen and oxygen atoms in total. The highest BCUT2D eigenvalue weighted by Crippen LogP contribution is 2.37. The summed E-state index contributed by atoms with van der Waals surface area (Å²) in [5, 5.41) is 13.4. The number of hydrogen-bond acceptors (Lipinski definition) is 5. The van der Waals surface area contributed by atoms with Gasteiger partial charge in [0.15, 0.2) is 0 Å². The number of carbonyl (C=O) groups excluding carboxylic acids is 1. The van der Waals surface area contributed by atoms with Crippen LogP contribution < -0.4 is 10.1 Å². The number of carbonyl (C=O) groups is 1. The molecule has 1 amide bonds. The number of rotatable bonds is 6. The standard InChI is InChI=1S/C24H22F2N2O4/c1-14-6-7-16(22(29)28-18-5-3-4-15(8-18)21(25)26)9-19(14)17-10-20(23(31-2)27-11-17)24(30)12-32-13-24/h3-11,21,30H,12-13H2,1-2H3,(H,28,29). The quantitative estimate of drug-likeness (QED) is 0.591. The Bertz CT molecular complexity index is 1160. The van der Waals surface area contributed by atoms with E-state index < -0.39 is 17.9 Å². The predicted octanol–water partition coefficient (Wildman–Crippen LogP) is 4.47. The largest absolute Gasteiger partial charge is 0.481 e. The lowest BCUT2D eigenvalue weighted by Crippen LogP contribution is -2.46. The van der Waals surface area contributed by atoms with Crippen molar-refractivity contribution in [3.05, 3.63) is 77.0 Å². The molecule has 1 aliphatic heterocycles. The monoisotopic (exact) mass is 440 g/mol. The van der Waals surface area contributed by atoms with Crippen LogP contribution in [0.5, 0.6) is 5.88 Å². The molecule has 0 spiro atoms. The summed E-state index contributed by atoms with van der Waals surface area (Å²) in [4.78, 5) is 17.1. The maximum Gasteiger partial charge on any atom is 0.263 e. The molecule has 1 saturated heterocycles. The molecule has 1 aromatic heterocycles. The second-order valence-electron chi connectivity index (χ2n) is 7.72. The molecule has 2 heterocycles. The number of nitrogens with one attached hydrogen (secondary N) is 1. The zero-order valence-electron chi connectivity index (χ0n) is 17.6. The molecule has 0 saturated carbocycles. The van der Waals surface area contributed by atoms with Gasteiger partial charge in [-0.15, -0.1) is 0 Å². The summed E-state index contributed by atoms with van der Waals surface area (Å²) in [6.07, 6.45) is -1.01. The smallest absolute Gasteiger partial charge is 0.263 e. The third-order valence-electron chi connectivity index (χ3n) is 5.43. The van der Waals surface area contributed by atoms with Gasteiger partial charge in [0.25, 0.3) is 12.3 Å². The van der Waals surface area contributed by atoms with Gasteiger partial charge in [0.1, 0.15) is 5.60 Å². The van der Waals surface area contributed by atoms with Crippen molar-refractivity contribution in [2.24, 2.45) is 0 Å². The van der Waals surface area contributed by atoms with Crippen molar-refractivity contribution in [2.75, 3.05) is 25.6 Å². The number of benzene rings is 2. The topological polar surface area (TPSA) is 80.7 Å². The first-order valence-electron chi connectivity index (χ1n) is 9.96. The molecule has 2 N–H and O–H groups in total. The van der Waals surface area contributed by atoms with Gasteiger partial charge in [-0.3, -0.25) is 4.79 Å². The van der Waals surface area contributed by atoms with Crippen LogP contribution in [0.1, 0.15) is 33.5 Å². The Kier molecular flexibility index (Phi) is 5.90. The maximum atomic E-state index is 12.9. The highest BCUT2D eigenvalue weighted by atomic mass is 19.3. The minimum atomic E-state index is -2.62. The first-order valence-corrected chi connectivity index (χ1v) is 9.96. The fraction of sp³-hybridized carbons (Fsp3) is 0.250. The van der Waals surface area contributed by atoms with E-state index in [-0.39, 0.29) is 24.5 Å². The Morgan fingerprint density at radius 1 is 1.22 bits per heavy atom. The lowest BCUT2D eigenvalue weighted by molar-refractivity contribution is -0.185. The number of ether oxygens (including phenoxy) is 2. The fourth-order valence-electron chi connectivity index (χ4n) is 3.58. The Balaban J connectivity index is 1.65. The average molecular weight is 440 g/mol. The molecule has 0 aliphatic carbocycles. The third kappa shape index (κ3) is 4.19. The lowest BCUT2D eigenvalue weighted by atomic mass is 9.90. The van der Waals surface area contributed by atoms with Crippen molar-refractivity contribution in [1.29, 1.82) is 0 Å². The van der Waals surface area contributed by atoms with Crippen LogP contribution in [0.25, 0.3) is 11.1 Å². The number of nitrogens with zero attached hydrogens (tertiary/aromatic N) is 1. The van der Waals surface area contributed by atoms with E-state index >= 15 is 0 Å². The van der Waals surface area contributed by atoms with Gasteiger partial charge in [-0.1, -0.05) is 18.2 Å². The second-order valence-corrected chi connectivity index (χ2v) is 7.72. The van der Waals surface area contributed by atoms with E-state index in [9.17, 15) is 18.7 Å². The van der Waals surface area contributed by atoms with Gasteiger partial charge in [0, 0.05) is 28.6 Å². The molecule has 166 valence electrons. The number of aliphatic hydroxyl groups is 1. The number of aryl methyl sites for hydroxylation is 1. The van der Waals surface area contributed by atoms with Crippen molar-refractivity contribution in [3.8, 4) is 17.0 Å². The third-order valence-corrected chi connectivity index (χ3v) is 5.43. The number of amides is 1. The summed E-state index contributed by atoms with van der Waals surface area (Å²) >= 11 is 0. The molecule has 0 unspecified atom stereocenters. The number of halogens is 2. The van der Waals surface area contributed by atoms with Gasteiger partial charge in [-0.25, -0.2) is 13.8 Å². The summed E-state index contributed by atoms with van der Waals surface area (Å²) < 4.78 is 36.3. The van der Waals surface area contributed by atoms with E-state index in [0.717, 1.165) is 11.1 Å². The molecule has 0 atom stereocenters. The minimum Gasteiger partial charge on any atom is -0.481 e. The number of methoxy groups -OCH3 is 1. The number of hydrogen-bond donors (Lipinski definition) is 2. The van der Waals surface area contributed by atoms with Crippen LogP contribution in [-0.4, -0.2) is 36.3 Å². The van der Waals surface area contributed by atoms with Crippen molar-refractivity contribution < 1.29 is 28.2 Å². The van der Waals surface area contributed by atoms with Crippen LogP contribution in [0.3, 0.4) is 0 Å². The summed E-state index contributed by atoms with van der Waals surface area (Å²) in [6.45, 7) is 2.19. The maximum absolute atomic E-state index is 12.9. The number of alkyl halides is 2. The summed E-state index contributed by atoms with van der Waals surface area (Å²) in [7, 11) is 1.48. The Labute approximate surface area is 183 Å². The van der Waals surface area contributed by atoms with Crippen LogP contribution in [0, 0.1) is 6.92 Å². The van der Waals surface area contributed by atoms with Crippen LogP contribution in [0.4, 0.5) is 14.5 Å². The van der Waals surface area contributed by atoms with Crippen molar-refractivity contribution in [3.63, 3.8) is 0 Å². The van der Waals surface area contributed by atoms with Crippen molar-refractivity contribution >= 4 is 11.6 Å². The fourth-order valence-corrected chi connectivity index (χ4v) is 3.58. The van der Waals surface area contributed by atoms with Crippen molar-refractivity contribution in [1.82, 2.24) is 4.98 Å².